The van der Waals surface area contributed by atoms with Gasteiger partial charge in [-0.1, -0.05) is 0 Å². The summed E-state index contributed by atoms with van der Waals surface area (Å²) in [5.41, 5.74) is 0.272. The van der Waals surface area contributed by atoms with Crippen LogP contribution in [0.1, 0.15) is 23.1 Å². The Kier molecular flexibility index (Phi) is 5.93. The van der Waals surface area contributed by atoms with Crippen LogP contribution in [0.5, 0.6) is 11.5 Å². The fourth-order valence-corrected chi connectivity index (χ4v) is 3.34. The number of benzene rings is 1. The van der Waals surface area contributed by atoms with Crippen LogP contribution in [0.4, 0.5) is 0 Å². The van der Waals surface area contributed by atoms with E-state index in [9.17, 15) is 14.7 Å². The molecule has 0 radical (unpaired) electrons. The van der Waals surface area contributed by atoms with Crippen molar-refractivity contribution < 1.29 is 33.3 Å². The van der Waals surface area contributed by atoms with E-state index in [1.807, 2.05) is 0 Å². The second-order valence-corrected chi connectivity index (χ2v) is 6.50. The van der Waals surface area contributed by atoms with Crippen LogP contribution in [0.15, 0.2) is 40.3 Å². The van der Waals surface area contributed by atoms with E-state index in [1.54, 1.807) is 37.3 Å². The van der Waals surface area contributed by atoms with E-state index >= 15 is 0 Å². The van der Waals surface area contributed by atoms with Crippen LogP contribution in [-0.2, 0) is 14.3 Å². The number of methoxy groups -OCH3 is 3. The maximum absolute atomic E-state index is 12.8. The van der Waals surface area contributed by atoms with Gasteiger partial charge in [0.2, 0.25) is 0 Å². The minimum Gasteiger partial charge on any atom is -0.507 e. The second-order valence-electron chi connectivity index (χ2n) is 6.50. The minimum absolute atomic E-state index is 0.0485. The normalized spacial score (nSPS) is 18.3. The van der Waals surface area contributed by atoms with Gasteiger partial charge in [0.25, 0.3) is 11.7 Å². The Morgan fingerprint density at radius 1 is 1.10 bits per heavy atom. The molecule has 29 heavy (non-hydrogen) atoms. The molecule has 1 aromatic heterocycles. The molecule has 0 aliphatic carbocycles. The Morgan fingerprint density at radius 2 is 1.83 bits per heavy atom. The molecule has 2 heterocycles. The fraction of sp³-hybridized carbons (Fsp3) is 0.333. The summed E-state index contributed by atoms with van der Waals surface area (Å²) in [5.74, 6) is 0.0560. The molecule has 1 N–H and O–H groups in total. The quantitative estimate of drug-likeness (QED) is 0.433. The molecule has 1 aliphatic rings. The van der Waals surface area contributed by atoms with Crippen molar-refractivity contribution in [2.45, 2.75) is 13.0 Å². The molecule has 1 fully saturated rings. The van der Waals surface area contributed by atoms with Crippen LogP contribution in [0.25, 0.3) is 5.76 Å². The van der Waals surface area contributed by atoms with Crippen molar-refractivity contribution in [2.24, 2.45) is 0 Å². The van der Waals surface area contributed by atoms with Gasteiger partial charge in [-0.25, -0.2) is 0 Å². The number of likely N-dealkylation sites (tertiary alicyclic amines) is 1. The molecule has 1 atom stereocenters. The number of aliphatic hydroxyl groups is 1. The lowest BCUT2D eigenvalue weighted by molar-refractivity contribution is -0.140. The number of rotatable bonds is 7. The highest BCUT2D eigenvalue weighted by Gasteiger charge is 2.47. The summed E-state index contributed by atoms with van der Waals surface area (Å²) in [6, 6.07) is 7.31. The Morgan fingerprint density at radius 3 is 2.41 bits per heavy atom. The first-order valence-electron chi connectivity index (χ1n) is 8.99. The van der Waals surface area contributed by atoms with Gasteiger partial charge in [0.15, 0.2) is 11.5 Å². The third-order valence-electron chi connectivity index (χ3n) is 4.76. The third kappa shape index (κ3) is 3.71. The molecule has 0 bridgehead atoms. The summed E-state index contributed by atoms with van der Waals surface area (Å²) >= 11 is 0. The van der Waals surface area contributed by atoms with Crippen molar-refractivity contribution in [3.05, 3.63) is 53.0 Å². The molecular formula is C21H23NO7. The number of Topliss-reactive ketones (excluding diaryl/α,β-unsaturated/α-hetero) is 1. The van der Waals surface area contributed by atoms with Gasteiger partial charge in [-0.15, -0.1) is 0 Å². The number of aryl methyl sites for hydroxylation is 1. The third-order valence-corrected chi connectivity index (χ3v) is 4.76. The molecule has 154 valence electrons. The van der Waals surface area contributed by atoms with Gasteiger partial charge in [-0.3, -0.25) is 9.59 Å². The van der Waals surface area contributed by atoms with Crippen molar-refractivity contribution in [2.75, 3.05) is 34.5 Å². The topological polar surface area (TPSA) is 98.4 Å². The van der Waals surface area contributed by atoms with Crippen molar-refractivity contribution in [1.82, 2.24) is 4.90 Å². The lowest BCUT2D eigenvalue weighted by Crippen LogP contribution is -2.32. The SMILES string of the molecule is COCCN1C(=O)C(=O)/C(=C(\O)c2ccc(OC)c(OC)c2)C1c1ccc(C)o1. The fourth-order valence-electron chi connectivity index (χ4n) is 3.34. The average Bonchev–Trinajstić information content (AvgIpc) is 3.26. The second kappa shape index (κ2) is 8.40. The van der Waals surface area contributed by atoms with Crippen LogP contribution in [0, 0.1) is 6.92 Å². The van der Waals surface area contributed by atoms with Crippen LogP contribution < -0.4 is 9.47 Å². The van der Waals surface area contributed by atoms with E-state index in [4.69, 9.17) is 18.6 Å². The lowest BCUT2D eigenvalue weighted by Gasteiger charge is -2.23. The van der Waals surface area contributed by atoms with Gasteiger partial charge in [-0.05, 0) is 37.3 Å². The van der Waals surface area contributed by atoms with E-state index in [1.165, 1.54) is 26.2 Å². The molecular weight excluding hydrogens is 378 g/mol. The van der Waals surface area contributed by atoms with Crippen LogP contribution >= 0.6 is 0 Å². The number of carbonyl (C=O) groups excluding carboxylic acids is 2. The first-order valence-corrected chi connectivity index (χ1v) is 8.99. The highest BCUT2D eigenvalue weighted by atomic mass is 16.5. The van der Waals surface area contributed by atoms with Crippen LogP contribution in [0.2, 0.25) is 0 Å². The van der Waals surface area contributed by atoms with Crippen molar-refractivity contribution in [1.29, 1.82) is 0 Å². The number of ether oxygens (including phenoxy) is 3. The first kappa shape index (κ1) is 20.5. The number of ketones is 1. The molecule has 3 rings (SSSR count). The number of nitrogens with zero attached hydrogens (tertiary/aromatic N) is 1. The minimum atomic E-state index is -0.855. The standard InChI is InChI=1S/C21H23NO7/c1-12-5-7-15(29-12)18-17(20(24)21(25)22(18)9-10-26-2)19(23)13-6-8-14(27-3)16(11-13)28-4/h5-8,11,18,23H,9-10H2,1-4H3/b19-17-. The molecule has 8 nitrogen and oxygen atoms in total. The Bertz CT molecular complexity index is 960. The largest absolute Gasteiger partial charge is 0.507 e. The van der Waals surface area contributed by atoms with Crippen LogP contribution in [0.3, 0.4) is 0 Å². The number of furan rings is 1. The summed E-state index contributed by atoms with van der Waals surface area (Å²) < 4.78 is 21.2. The van der Waals surface area contributed by atoms with Gasteiger partial charge >= 0.3 is 0 Å². The Labute approximate surface area is 168 Å². The summed E-state index contributed by atoms with van der Waals surface area (Å²) in [5, 5.41) is 11.0. The average molecular weight is 401 g/mol. The summed E-state index contributed by atoms with van der Waals surface area (Å²) in [6.07, 6.45) is 0. The van der Waals surface area contributed by atoms with Gasteiger partial charge in [-0.2, -0.15) is 0 Å². The van der Waals surface area contributed by atoms with Crippen molar-refractivity contribution in [3.63, 3.8) is 0 Å². The number of hydrogen-bond donors (Lipinski definition) is 1. The molecule has 0 saturated carbocycles. The highest BCUT2D eigenvalue weighted by molar-refractivity contribution is 6.46. The van der Waals surface area contributed by atoms with E-state index in [-0.39, 0.29) is 24.5 Å². The van der Waals surface area contributed by atoms with Gasteiger partial charge < -0.3 is 28.6 Å². The molecule has 1 aliphatic heterocycles. The monoisotopic (exact) mass is 401 g/mol. The smallest absolute Gasteiger partial charge is 0.295 e. The first-order chi connectivity index (χ1) is 13.9. The maximum Gasteiger partial charge on any atom is 0.295 e. The molecule has 1 aromatic carbocycles. The van der Waals surface area contributed by atoms with Gasteiger partial charge in [0.1, 0.15) is 23.3 Å². The van der Waals surface area contributed by atoms with E-state index in [2.05, 4.69) is 0 Å². The van der Waals surface area contributed by atoms with Crippen molar-refractivity contribution >= 4 is 17.4 Å². The Hall–Kier alpha value is -3.26. The number of hydrogen-bond acceptors (Lipinski definition) is 7. The summed E-state index contributed by atoms with van der Waals surface area (Å²) in [7, 11) is 4.47. The zero-order chi connectivity index (χ0) is 21.1. The molecule has 8 heteroatoms. The molecule has 1 unspecified atom stereocenters. The predicted octanol–water partition coefficient (Wildman–Crippen LogP) is 2.67. The van der Waals surface area contributed by atoms with E-state index in [0.29, 0.717) is 28.6 Å². The van der Waals surface area contributed by atoms with Crippen LogP contribution in [-0.4, -0.2) is 56.2 Å². The molecule has 2 aromatic rings. The lowest BCUT2D eigenvalue weighted by atomic mass is 9.99. The Balaban J connectivity index is 2.15. The van der Waals surface area contributed by atoms with Gasteiger partial charge in [0.05, 0.1) is 26.4 Å². The highest BCUT2D eigenvalue weighted by Crippen LogP contribution is 2.41. The zero-order valence-corrected chi connectivity index (χ0v) is 16.7. The zero-order valence-electron chi connectivity index (χ0n) is 16.7. The summed E-state index contributed by atoms with van der Waals surface area (Å²) in [4.78, 5) is 26.8. The number of aliphatic hydroxyl groups excluding tert-OH is 1. The van der Waals surface area contributed by atoms with E-state index in [0.717, 1.165) is 0 Å². The van der Waals surface area contributed by atoms with E-state index < -0.39 is 17.7 Å². The molecule has 1 amide bonds. The number of carbonyl (C=O) groups is 2. The number of amides is 1. The summed E-state index contributed by atoms with van der Waals surface area (Å²) in [6.45, 7) is 2.17. The predicted molar refractivity (Wildman–Crippen MR) is 104 cm³/mol. The van der Waals surface area contributed by atoms with Crippen molar-refractivity contribution in [3.8, 4) is 11.5 Å². The molecule has 1 saturated heterocycles. The van der Waals surface area contributed by atoms with Gasteiger partial charge in [0, 0.05) is 19.2 Å². The maximum atomic E-state index is 12.8. The molecule has 0 spiro atoms.